The first kappa shape index (κ1) is 20.5. The zero-order valence-electron chi connectivity index (χ0n) is 16.0. The van der Waals surface area contributed by atoms with Crippen LogP contribution in [0.5, 0.6) is 0 Å². The van der Waals surface area contributed by atoms with E-state index in [1.54, 1.807) is 17.5 Å². The van der Waals surface area contributed by atoms with Gasteiger partial charge in [0.1, 0.15) is 10.8 Å². The molecule has 0 saturated heterocycles. The molecule has 0 aliphatic rings. The molecule has 29 heavy (non-hydrogen) atoms. The number of nitrogens with one attached hydrogen (secondary N) is 1. The summed E-state index contributed by atoms with van der Waals surface area (Å²) in [5.41, 5.74) is 2.82. The molecule has 150 valence electrons. The minimum Gasteiger partial charge on any atom is -0.451 e. The Morgan fingerprint density at radius 3 is 2.45 bits per heavy atom. The fraction of sp³-hybridized carbons (Fsp3) is 0.190. The lowest BCUT2D eigenvalue weighted by molar-refractivity contribution is -0.124. The standard InChI is InChI=1S/C21H20FN3O3S/c1-25(2)17-9-3-14(4-10-17)11-23-19(26)12-28-21(27)18-13-29-20(24-18)15-5-7-16(22)8-6-15/h3-10,13H,11-12H2,1-2H3,(H,23,26). The lowest BCUT2D eigenvalue weighted by Crippen LogP contribution is -2.28. The van der Waals surface area contributed by atoms with Gasteiger partial charge in [0.05, 0.1) is 0 Å². The van der Waals surface area contributed by atoms with Crippen molar-refractivity contribution in [2.24, 2.45) is 0 Å². The normalized spacial score (nSPS) is 10.4. The fourth-order valence-electron chi connectivity index (χ4n) is 2.46. The predicted octanol–water partition coefficient (Wildman–Crippen LogP) is 3.49. The van der Waals surface area contributed by atoms with Crippen molar-refractivity contribution in [2.45, 2.75) is 6.54 Å². The van der Waals surface area contributed by atoms with Gasteiger partial charge in [-0.3, -0.25) is 4.79 Å². The van der Waals surface area contributed by atoms with Gasteiger partial charge in [-0.2, -0.15) is 0 Å². The molecule has 3 rings (SSSR count). The summed E-state index contributed by atoms with van der Waals surface area (Å²) >= 11 is 1.24. The number of hydrogen-bond acceptors (Lipinski definition) is 6. The number of carbonyl (C=O) groups is 2. The van der Waals surface area contributed by atoms with Crippen molar-refractivity contribution in [2.75, 3.05) is 25.6 Å². The molecule has 0 unspecified atom stereocenters. The first-order valence-corrected chi connectivity index (χ1v) is 9.72. The molecule has 8 heteroatoms. The molecule has 1 heterocycles. The van der Waals surface area contributed by atoms with E-state index in [1.807, 2.05) is 43.3 Å². The van der Waals surface area contributed by atoms with Crippen molar-refractivity contribution < 1.29 is 18.7 Å². The van der Waals surface area contributed by atoms with Gasteiger partial charge < -0.3 is 15.0 Å². The number of aromatic nitrogens is 1. The van der Waals surface area contributed by atoms with Gasteiger partial charge in [-0.1, -0.05) is 12.1 Å². The Bertz CT molecular complexity index is 985. The number of nitrogens with zero attached hydrogens (tertiary/aromatic N) is 2. The number of esters is 1. The van der Waals surface area contributed by atoms with E-state index < -0.39 is 18.5 Å². The molecule has 0 saturated carbocycles. The summed E-state index contributed by atoms with van der Waals surface area (Å²) in [7, 11) is 3.91. The minimum absolute atomic E-state index is 0.112. The molecule has 0 atom stereocenters. The van der Waals surface area contributed by atoms with Gasteiger partial charge in [-0.15, -0.1) is 11.3 Å². The van der Waals surface area contributed by atoms with Crippen LogP contribution in [-0.2, 0) is 16.1 Å². The first-order chi connectivity index (χ1) is 13.9. The number of anilines is 1. The van der Waals surface area contributed by atoms with Crippen molar-refractivity contribution in [1.82, 2.24) is 10.3 Å². The second-order valence-electron chi connectivity index (χ2n) is 6.46. The molecule has 0 bridgehead atoms. The van der Waals surface area contributed by atoms with E-state index in [4.69, 9.17) is 4.74 Å². The van der Waals surface area contributed by atoms with E-state index in [0.29, 0.717) is 17.1 Å². The van der Waals surface area contributed by atoms with Crippen LogP contribution in [0, 0.1) is 5.82 Å². The maximum atomic E-state index is 13.0. The Hall–Kier alpha value is -3.26. The van der Waals surface area contributed by atoms with Crippen LogP contribution in [0.1, 0.15) is 16.1 Å². The van der Waals surface area contributed by atoms with Crippen LogP contribution in [0.15, 0.2) is 53.9 Å². The predicted molar refractivity (Wildman–Crippen MR) is 110 cm³/mol. The highest BCUT2D eigenvalue weighted by molar-refractivity contribution is 7.13. The minimum atomic E-state index is -0.680. The average Bonchev–Trinajstić information content (AvgIpc) is 3.21. The van der Waals surface area contributed by atoms with E-state index in [9.17, 15) is 14.0 Å². The van der Waals surface area contributed by atoms with Crippen LogP contribution in [0.25, 0.3) is 10.6 Å². The number of halogens is 1. The quantitative estimate of drug-likeness (QED) is 0.601. The third kappa shape index (κ3) is 5.61. The maximum absolute atomic E-state index is 13.0. The summed E-state index contributed by atoms with van der Waals surface area (Å²) < 4.78 is 18.0. The van der Waals surface area contributed by atoms with Crippen molar-refractivity contribution >= 4 is 28.9 Å². The summed E-state index contributed by atoms with van der Waals surface area (Å²) in [6.07, 6.45) is 0. The second kappa shape index (κ2) is 9.29. The lowest BCUT2D eigenvalue weighted by Gasteiger charge is -2.13. The summed E-state index contributed by atoms with van der Waals surface area (Å²) in [6.45, 7) is -0.0481. The van der Waals surface area contributed by atoms with E-state index in [0.717, 1.165) is 11.3 Å². The molecule has 0 aliphatic carbocycles. The lowest BCUT2D eigenvalue weighted by atomic mass is 10.2. The first-order valence-electron chi connectivity index (χ1n) is 8.84. The molecule has 6 nitrogen and oxygen atoms in total. The molecule has 1 amide bonds. The zero-order chi connectivity index (χ0) is 20.8. The summed E-state index contributed by atoms with van der Waals surface area (Å²) in [5, 5.41) is 4.83. The van der Waals surface area contributed by atoms with Crippen LogP contribution in [0.3, 0.4) is 0 Å². The van der Waals surface area contributed by atoms with Gasteiger partial charge >= 0.3 is 5.97 Å². The van der Waals surface area contributed by atoms with Gasteiger partial charge in [0.15, 0.2) is 12.3 Å². The third-order valence-electron chi connectivity index (χ3n) is 4.08. The average molecular weight is 413 g/mol. The Morgan fingerprint density at radius 2 is 1.79 bits per heavy atom. The largest absolute Gasteiger partial charge is 0.451 e. The molecule has 0 spiro atoms. The Labute approximate surface area is 172 Å². The molecular formula is C21H20FN3O3S. The van der Waals surface area contributed by atoms with E-state index in [2.05, 4.69) is 10.3 Å². The van der Waals surface area contributed by atoms with Gasteiger partial charge in [0.2, 0.25) is 0 Å². The van der Waals surface area contributed by atoms with Crippen LogP contribution in [-0.4, -0.2) is 37.6 Å². The van der Waals surface area contributed by atoms with Crippen LogP contribution < -0.4 is 10.2 Å². The monoisotopic (exact) mass is 413 g/mol. The molecule has 3 aromatic rings. The SMILES string of the molecule is CN(C)c1ccc(CNC(=O)COC(=O)c2csc(-c3ccc(F)cc3)n2)cc1. The van der Waals surface area contributed by atoms with Crippen molar-refractivity contribution in [3.63, 3.8) is 0 Å². The highest BCUT2D eigenvalue weighted by Crippen LogP contribution is 2.24. The number of hydrogen-bond donors (Lipinski definition) is 1. The number of rotatable bonds is 7. The van der Waals surface area contributed by atoms with Crippen LogP contribution >= 0.6 is 11.3 Å². The molecule has 1 aromatic heterocycles. The topological polar surface area (TPSA) is 71.5 Å². The van der Waals surface area contributed by atoms with E-state index >= 15 is 0 Å². The van der Waals surface area contributed by atoms with Gasteiger partial charge in [-0.05, 0) is 42.0 Å². The second-order valence-corrected chi connectivity index (χ2v) is 7.32. The van der Waals surface area contributed by atoms with Crippen LogP contribution in [0.4, 0.5) is 10.1 Å². The Morgan fingerprint density at radius 1 is 1.10 bits per heavy atom. The molecule has 2 aromatic carbocycles. The van der Waals surface area contributed by atoms with Crippen LogP contribution in [0.2, 0.25) is 0 Å². The number of benzene rings is 2. The molecular weight excluding hydrogens is 393 g/mol. The Balaban J connectivity index is 1.47. The third-order valence-corrected chi connectivity index (χ3v) is 4.97. The van der Waals surface area contributed by atoms with Crippen molar-refractivity contribution in [1.29, 1.82) is 0 Å². The maximum Gasteiger partial charge on any atom is 0.358 e. The number of carbonyl (C=O) groups excluding carboxylic acids is 2. The van der Waals surface area contributed by atoms with E-state index in [1.165, 1.54) is 23.5 Å². The molecule has 0 radical (unpaired) electrons. The summed E-state index contributed by atoms with van der Waals surface area (Å²) in [4.78, 5) is 30.2. The molecule has 0 fully saturated rings. The molecule has 0 aliphatic heterocycles. The fourth-order valence-corrected chi connectivity index (χ4v) is 3.26. The van der Waals surface area contributed by atoms with Crippen molar-refractivity contribution in [3.05, 3.63) is 71.0 Å². The summed E-state index contributed by atoms with van der Waals surface area (Å²) in [6, 6.07) is 13.6. The molecule has 1 N–H and O–H groups in total. The highest BCUT2D eigenvalue weighted by Gasteiger charge is 2.15. The van der Waals surface area contributed by atoms with Gasteiger partial charge in [-0.25, -0.2) is 14.2 Å². The number of amides is 1. The zero-order valence-corrected chi connectivity index (χ0v) is 16.8. The van der Waals surface area contributed by atoms with E-state index in [-0.39, 0.29) is 11.5 Å². The smallest absolute Gasteiger partial charge is 0.358 e. The number of ether oxygens (including phenoxy) is 1. The van der Waals surface area contributed by atoms with Gasteiger partial charge in [0, 0.05) is 37.3 Å². The number of thiazole rings is 1. The van der Waals surface area contributed by atoms with Crippen molar-refractivity contribution in [3.8, 4) is 10.6 Å². The summed E-state index contributed by atoms with van der Waals surface area (Å²) in [5.74, 6) is -1.42. The van der Waals surface area contributed by atoms with Gasteiger partial charge in [0.25, 0.3) is 5.91 Å². The highest BCUT2D eigenvalue weighted by atomic mass is 32.1. The Kier molecular flexibility index (Phi) is 6.56.